The Morgan fingerprint density at radius 2 is 1.59 bits per heavy atom. The highest BCUT2D eigenvalue weighted by Gasteiger charge is 2.38. The highest BCUT2D eigenvalue weighted by atomic mass is 32.1. The smallest absolute Gasteiger partial charge is 0.494 e. The Morgan fingerprint density at radius 1 is 1.03 bits per heavy atom. The molecule has 0 spiro atoms. The van der Waals surface area contributed by atoms with Gasteiger partial charge in [-0.15, -0.1) is 13.2 Å². The van der Waals surface area contributed by atoms with Crippen molar-refractivity contribution in [1.82, 2.24) is 4.57 Å². The van der Waals surface area contributed by atoms with E-state index in [1.807, 2.05) is 6.92 Å². The van der Waals surface area contributed by atoms with Crippen molar-refractivity contribution in [1.29, 1.82) is 0 Å². The predicted octanol–water partition coefficient (Wildman–Crippen LogP) is 6.81. The molecule has 1 N–H and O–H groups in total. The molecule has 4 rings (SSSR count). The molecule has 0 bridgehead atoms. The molecule has 1 aliphatic carbocycles. The van der Waals surface area contributed by atoms with Crippen molar-refractivity contribution in [3.05, 3.63) is 79.3 Å². The van der Waals surface area contributed by atoms with Gasteiger partial charge >= 0.3 is 11.2 Å². The minimum absolute atomic E-state index is 0.00157. The van der Waals surface area contributed by atoms with Crippen molar-refractivity contribution in [3.63, 3.8) is 0 Å². The summed E-state index contributed by atoms with van der Waals surface area (Å²) in [6.07, 6.45) is -2.73. The molecular formula is C26H28F3NO3S. The average molecular weight is 492 g/mol. The molecule has 0 saturated heterocycles. The molecule has 0 aliphatic heterocycles. The van der Waals surface area contributed by atoms with Crippen LogP contribution in [-0.4, -0.2) is 16.0 Å². The molecule has 0 radical (unpaired) electrons. The summed E-state index contributed by atoms with van der Waals surface area (Å²) < 4.78 is 43.2. The third-order valence-electron chi connectivity index (χ3n) is 6.93. The van der Waals surface area contributed by atoms with Gasteiger partial charge in [0.15, 0.2) is 0 Å². The summed E-state index contributed by atoms with van der Waals surface area (Å²) >= 11 is 0.878. The molecule has 4 nitrogen and oxygen atoms in total. The maximum atomic E-state index is 12.8. The first-order valence-corrected chi connectivity index (χ1v) is 12.0. The van der Waals surface area contributed by atoms with E-state index in [0.29, 0.717) is 5.56 Å². The fourth-order valence-electron chi connectivity index (χ4n) is 4.90. The number of hydrogen-bond acceptors (Lipinski definition) is 4. The zero-order chi connectivity index (χ0) is 25.1. The van der Waals surface area contributed by atoms with Gasteiger partial charge in [0.1, 0.15) is 5.75 Å². The van der Waals surface area contributed by atoms with E-state index in [-0.39, 0.29) is 27.3 Å². The first kappa shape index (κ1) is 24.4. The second-order valence-electron chi connectivity index (χ2n) is 10.3. The summed E-state index contributed by atoms with van der Waals surface area (Å²) in [7, 11) is 0. The van der Waals surface area contributed by atoms with Crippen molar-refractivity contribution in [3.8, 4) is 11.6 Å². The Kier molecular flexibility index (Phi) is 5.87. The Morgan fingerprint density at radius 3 is 2.09 bits per heavy atom. The Labute approximate surface area is 200 Å². The molecule has 1 aliphatic rings. The quantitative estimate of drug-likeness (QED) is 0.436. The number of aromatic hydroxyl groups is 1. The van der Waals surface area contributed by atoms with Crippen LogP contribution in [0.1, 0.15) is 74.4 Å². The zero-order valence-corrected chi connectivity index (χ0v) is 20.6. The SMILES string of the molecule is Cc1cc2c(cc1C(c1ccc(OC(F)(F)F)cc1)n1c(O)csc1=O)C(C)(C)CCC2(C)C. The lowest BCUT2D eigenvalue weighted by atomic mass is 9.62. The molecule has 8 heteroatoms. The van der Waals surface area contributed by atoms with Crippen molar-refractivity contribution in [2.75, 3.05) is 0 Å². The van der Waals surface area contributed by atoms with E-state index in [0.717, 1.165) is 35.3 Å². The molecule has 1 unspecified atom stereocenters. The van der Waals surface area contributed by atoms with Crippen LogP contribution in [-0.2, 0) is 10.8 Å². The topological polar surface area (TPSA) is 51.5 Å². The van der Waals surface area contributed by atoms with E-state index >= 15 is 0 Å². The van der Waals surface area contributed by atoms with E-state index in [1.54, 1.807) is 0 Å². The minimum atomic E-state index is -4.79. The summed E-state index contributed by atoms with van der Waals surface area (Å²) in [6.45, 7) is 10.8. The normalized spacial score (nSPS) is 17.8. The van der Waals surface area contributed by atoms with Crippen LogP contribution in [0, 0.1) is 6.92 Å². The fourth-order valence-corrected chi connectivity index (χ4v) is 5.53. The first-order valence-electron chi connectivity index (χ1n) is 11.1. The van der Waals surface area contributed by atoms with Crippen molar-refractivity contribution in [2.24, 2.45) is 0 Å². The van der Waals surface area contributed by atoms with Crippen LogP contribution in [0.25, 0.3) is 0 Å². The van der Waals surface area contributed by atoms with Crippen molar-refractivity contribution < 1.29 is 23.0 Å². The van der Waals surface area contributed by atoms with Gasteiger partial charge in [0, 0.05) is 0 Å². The van der Waals surface area contributed by atoms with Crippen LogP contribution in [0.2, 0.25) is 0 Å². The fraction of sp³-hybridized carbons (Fsp3) is 0.423. The number of ether oxygens (including phenoxy) is 1. The van der Waals surface area contributed by atoms with E-state index in [1.165, 1.54) is 45.3 Å². The van der Waals surface area contributed by atoms with Gasteiger partial charge in [0.05, 0.1) is 11.4 Å². The summed E-state index contributed by atoms with van der Waals surface area (Å²) in [6, 6.07) is 9.03. The number of alkyl halides is 3. The van der Waals surface area contributed by atoms with Crippen LogP contribution < -0.4 is 9.61 Å². The highest BCUT2D eigenvalue weighted by molar-refractivity contribution is 7.07. The number of halogens is 3. The molecule has 3 aromatic rings. The number of benzene rings is 2. The van der Waals surface area contributed by atoms with Gasteiger partial charge in [0.2, 0.25) is 5.88 Å². The van der Waals surface area contributed by atoms with E-state index in [9.17, 15) is 23.1 Å². The average Bonchev–Trinajstić information content (AvgIpc) is 3.05. The Hall–Kier alpha value is -2.74. The van der Waals surface area contributed by atoms with Crippen molar-refractivity contribution in [2.45, 2.75) is 70.7 Å². The van der Waals surface area contributed by atoms with E-state index < -0.39 is 12.4 Å². The molecule has 0 amide bonds. The lowest BCUT2D eigenvalue weighted by Crippen LogP contribution is -2.34. The van der Waals surface area contributed by atoms with Gasteiger partial charge in [-0.25, -0.2) is 0 Å². The monoisotopic (exact) mass is 491 g/mol. The van der Waals surface area contributed by atoms with E-state index in [4.69, 9.17) is 0 Å². The van der Waals surface area contributed by atoms with Gasteiger partial charge in [0.25, 0.3) is 0 Å². The first-order chi connectivity index (χ1) is 15.7. The summed E-state index contributed by atoms with van der Waals surface area (Å²) in [5, 5.41) is 11.9. The van der Waals surface area contributed by atoms with Gasteiger partial charge in [-0.3, -0.25) is 9.36 Å². The summed E-state index contributed by atoms with van der Waals surface area (Å²) in [5.41, 5.74) is 4.72. The summed E-state index contributed by atoms with van der Waals surface area (Å²) in [4.78, 5) is 12.4. The zero-order valence-electron chi connectivity index (χ0n) is 19.8. The molecule has 2 aromatic carbocycles. The van der Waals surface area contributed by atoms with Crippen LogP contribution in [0.4, 0.5) is 13.2 Å². The Balaban J connectivity index is 1.92. The second-order valence-corrected chi connectivity index (χ2v) is 11.1. The van der Waals surface area contributed by atoms with Crippen molar-refractivity contribution >= 4 is 11.3 Å². The van der Waals surface area contributed by atoms with Crippen LogP contribution in [0.15, 0.2) is 46.6 Å². The molecule has 34 heavy (non-hydrogen) atoms. The third-order valence-corrected chi connectivity index (χ3v) is 7.66. The van der Waals surface area contributed by atoms with Gasteiger partial charge in [-0.1, -0.05) is 63.3 Å². The number of hydrogen-bond donors (Lipinski definition) is 1. The molecule has 1 atom stereocenters. The maximum Gasteiger partial charge on any atom is 0.573 e. The standard InChI is InChI=1S/C26H28F3NO3S/c1-15-12-19-20(25(4,5)11-10-24(19,2)3)13-18(15)22(30-21(31)14-34-23(30)32)16-6-8-17(9-7-16)33-26(27,28)29/h6-9,12-14,22,31H,10-11H2,1-5H3. The lowest BCUT2D eigenvalue weighted by molar-refractivity contribution is -0.274. The number of thiazole rings is 1. The van der Waals surface area contributed by atoms with Crippen LogP contribution >= 0.6 is 11.3 Å². The van der Waals surface area contributed by atoms with Gasteiger partial charge in [-0.2, -0.15) is 0 Å². The van der Waals surface area contributed by atoms with Gasteiger partial charge < -0.3 is 9.84 Å². The number of rotatable bonds is 4. The Bertz CT molecular complexity index is 1270. The van der Waals surface area contributed by atoms with Crippen LogP contribution in [0.3, 0.4) is 0 Å². The largest absolute Gasteiger partial charge is 0.573 e. The van der Waals surface area contributed by atoms with E-state index in [2.05, 4.69) is 44.6 Å². The molecule has 1 heterocycles. The molecule has 0 saturated carbocycles. The molecular weight excluding hydrogens is 463 g/mol. The molecule has 1 aromatic heterocycles. The second kappa shape index (κ2) is 8.18. The number of nitrogens with zero attached hydrogens (tertiary/aromatic N) is 1. The van der Waals surface area contributed by atoms with Gasteiger partial charge in [-0.05, 0) is 70.5 Å². The van der Waals surface area contributed by atoms with Crippen LogP contribution in [0.5, 0.6) is 11.6 Å². The number of aryl methyl sites for hydroxylation is 1. The lowest BCUT2D eigenvalue weighted by Gasteiger charge is -2.43. The predicted molar refractivity (Wildman–Crippen MR) is 127 cm³/mol. The maximum absolute atomic E-state index is 12.8. The molecule has 0 fully saturated rings. The third kappa shape index (κ3) is 4.48. The highest BCUT2D eigenvalue weighted by Crippen LogP contribution is 2.48. The molecule has 182 valence electrons. The number of aromatic nitrogens is 1. The summed E-state index contributed by atoms with van der Waals surface area (Å²) in [5.74, 6) is -0.533. The number of fused-ring (bicyclic) bond motifs is 1. The minimum Gasteiger partial charge on any atom is -0.494 e.